The van der Waals surface area contributed by atoms with E-state index in [2.05, 4.69) is 5.32 Å². The maximum atomic E-state index is 12.9. The normalized spacial score (nSPS) is 16.2. The van der Waals surface area contributed by atoms with Crippen molar-refractivity contribution in [1.29, 1.82) is 0 Å². The van der Waals surface area contributed by atoms with Crippen molar-refractivity contribution in [3.63, 3.8) is 0 Å². The summed E-state index contributed by atoms with van der Waals surface area (Å²) in [6, 6.07) is 3.53. The zero-order valence-electron chi connectivity index (χ0n) is 10.9. The molecule has 0 radical (unpaired) electrons. The van der Waals surface area contributed by atoms with Crippen LogP contribution in [-0.4, -0.2) is 25.3 Å². The molecule has 1 aromatic carbocycles. The summed E-state index contributed by atoms with van der Waals surface area (Å²) in [5, 5.41) is 1.99. The lowest BCUT2D eigenvalue weighted by Gasteiger charge is -2.12. The van der Waals surface area contributed by atoms with Crippen LogP contribution in [0.3, 0.4) is 0 Å². The predicted molar refractivity (Wildman–Crippen MR) is 75.5 cm³/mol. The Morgan fingerprint density at radius 2 is 2.00 bits per heavy atom. The van der Waals surface area contributed by atoms with Crippen molar-refractivity contribution in [1.82, 2.24) is 0 Å². The van der Waals surface area contributed by atoms with E-state index < -0.39 is 32.6 Å². The standard InChI is InChI=1S/C13H17FN2O3S/c14-9-5-6-12(11(15)7-9)16-13(17)8-20(18,19)10-3-1-2-4-10/h5-7,10H,1-4,8,15H2,(H,16,17). The topological polar surface area (TPSA) is 89.3 Å². The number of hydrogen-bond donors (Lipinski definition) is 2. The van der Waals surface area contributed by atoms with Crippen LogP contribution in [0.15, 0.2) is 18.2 Å². The number of carbonyl (C=O) groups is 1. The van der Waals surface area contributed by atoms with Crippen LogP contribution in [0, 0.1) is 5.82 Å². The van der Waals surface area contributed by atoms with Gasteiger partial charge in [-0.3, -0.25) is 4.79 Å². The van der Waals surface area contributed by atoms with Gasteiger partial charge in [0.2, 0.25) is 5.91 Å². The van der Waals surface area contributed by atoms with E-state index in [0.29, 0.717) is 12.8 Å². The van der Waals surface area contributed by atoms with E-state index >= 15 is 0 Å². The lowest BCUT2D eigenvalue weighted by molar-refractivity contribution is -0.113. The van der Waals surface area contributed by atoms with Crippen LogP contribution < -0.4 is 11.1 Å². The minimum absolute atomic E-state index is 0.0663. The van der Waals surface area contributed by atoms with Crippen LogP contribution in [-0.2, 0) is 14.6 Å². The number of anilines is 2. The molecule has 1 fully saturated rings. The number of nitrogens with one attached hydrogen (secondary N) is 1. The van der Waals surface area contributed by atoms with Crippen molar-refractivity contribution in [3.05, 3.63) is 24.0 Å². The monoisotopic (exact) mass is 300 g/mol. The van der Waals surface area contributed by atoms with E-state index in [1.807, 2.05) is 0 Å². The van der Waals surface area contributed by atoms with Crippen molar-refractivity contribution in [3.8, 4) is 0 Å². The molecule has 7 heteroatoms. The van der Waals surface area contributed by atoms with Gasteiger partial charge in [0.1, 0.15) is 11.6 Å². The summed E-state index contributed by atoms with van der Waals surface area (Å²) in [4.78, 5) is 11.8. The highest BCUT2D eigenvalue weighted by Crippen LogP contribution is 2.25. The Hall–Kier alpha value is -1.63. The summed E-state index contributed by atoms with van der Waals surface area (Å²) in [5.41, 5.74) is 5.84. The van der Waals surface area contributed by atoms with Crippen molar-refractivity contribution in [2.24, 2.45) is 0 Å². The van der Waals surface area contributed by atoms with Gasteiger partial charge in [-0.05, 0) is 31.0 Å². The molecule has 1 saturated carbocycles. The second kappa shape index (κ2) is 5.78. The van der Waals surface area contributed by atoms with Crippen molar-refractivity contribution in [2.45, 2.75) is 30.9 Å². The van der Waals surface area contributed by atoms with Gasteiger partial charge in [-0.25, -0.2) is 12.8 Å². The summed E-state index contributed by atoms with van der Waals surface area (Å²) >= 11 is 0. The fraction of sp³-hybridized carbons (Fsp3) is 0.462. The Kier molecular flexibility index (Phi) is 4.27. The van der Waals surface area contributed by atoms with Crippen LogP contribution in [0.25, 0.3) is 0 Å². The number of carbonyl (C=O) groups excluding carboxylic acids is 1. The zero-order chi connectivity index (χ0) is 14.8. The maximum Gasteiger partial charge on any atom is 0.239 e. The zero-order valence-corrected chi connectivity index (χ0v) is 11.7. The predicted octanol–water partition coefficient (Wildman–Crippen LogP) is 1.70. The second-order valence-electron chi connectivity index (χ2n) is 4.99. The molecule has 0 bridgehead atoms. The summed E-state index contributed by atoms with van der Waals surface area (Å²) in [5.74, 6) is -1.72. The van der Waals surface area contributed by atoms with Gasteiger partial charge in [-0.2, -0.15) is 0 Å². The molecule has 1 aliphatic carbocycles. The highest BCUT2D eigenvalue weighted by molar-refractivity contribution is 7.92. The lowest BCUT2D eigenvalue weighted by atomic mass is 10.2. The van der Waals surface area contributed by atoms with E-state index in [-0.39, 0.29) is 11.4 Å². The van der Waals surface area contributed by atoms with Crippen molar-refractivity contribution < 1.29 is 17.6 Å². The Balaban J connectivity index is 2.01. The molecule has 0 atom stereocenters. The molecule has 0 unspecified atom stereocenters. The molecule has 5 nitrogen and oxygen atoms in total. The first-order valence-electron chi connectivity index (χ1n) is 6.45. The molecular formula is C13H17FN2O3S. The molecule has 0 aromatic heterocycles. The number of rotatable bonds is 4. The van der Waals surface area contributed by atoms with E-state index in [1.165, 1.54) is 6.07 Å². The summed E-state index contributed by atoms with van der Waals surface area (Å²) < 4.78 is 36.9. The fourth-order valence-corrected chi connectivity index (χ4v) is 4.11. The van der Waals surface area contributed by atoms with Crippen molar-refractivity contribution in [2.75, 3.05) is 16.8 Å². The van der Waals surface area contributed by atoms with Crippen LogP contribution >= 0.6 is 0 Å². The van der Waals surface area contributed by atoms with Crippen LogP contribution in [0.1, 0.15) is 25.7 Å². The first kappa shape index (κ1) is 14.8. The quantitative estimate of drug-likeness (QED) is 0.828. The van der Waals surface area contributed by atoms with Gasteiger partial charge in [0.05, 0.1) is 16.6 Å². The smallest absolute Gasteiger partial charge is 0.239 e. The molecular weight excluding hydrogens is 283 g/mol. The lowest BCUT2D eigenvalue weighted by Crippen LogP contribution is -2.29. The molecule has 0 spiro atoms. The largest absolute Gasteiger partial charge is 0.397 e. The first-order chi connectivity index (χ1) is 9.38. The third-order valence-corrected chi connectivity index (χ3v) is 5.58. The number of halogens is 1. The van der Waals surface area contributed by atoms with Crippen LogP contribution in [0.5, 0.6) is 0 Å². The Morgan fingerprint density at radius 1 is 1.35 bits per heavy atom. The summed E-state index contributed by atoms with van der Waals surface area (Å²) in [7, 11) is -3.43. The highest BCUT2D eigenvalue weighted by Gasteiger charge is 2.30. The third-order valence-electron chi connectivity index (χ3n) is 3.43. The Bertz CT molecular complexity index is 610. The SMILES string of the molecule is Nc1cc(F)ccc1NC(=O)CS(=O)(=O)C1CCCC1. The molecule has 1 aromatic rings. The van der Waals surface area contributed by atoms with E-state index in [0.717, 1.165) is 25.0 Å². The minimum atomic E-state index is -3.43. The number of nitrogen functional groups attached to an aromatic ring is 1. The summed E-state index contributed by atoms with van der Waals surface area (Å²) in [6.45, 7) is 0. The third kappa shape index (κ3) is 3.47. The van der Waals surface area contributed by atoms with Crippen LogP contribution in [0.4, 0.5) is 15.8 Å². The van der Waals surface area contributed by atoms with Gasteiger partial charge >= 0.3 is 0 Å². The number of sulfone groups is 1. The van der Waals surface area contributed by atoms with E-state index in [9.17, 15) is 17.6 Å². The highest BCUT2D eigenvalue weighted by atomic mass is 32.2. The molecule has 0 aliphatic heterocycles. The minimum Gasteiger partial charge on any atom is -0.397 e. The van der Waals surface area contributed by atoms with E-state index in [1.54, 1.807) is 0 Å². The number of nitrogens with two attached hydrogens (primary N) is 1. The molecule has 0 heterocycles. The molecule has 110 valence electrons. The van der Waals surface area contributed by atoms with E-state index in [4.69, 9.17) is 5.73 Å². The first-order valence-corrected chi connectivity index (χ1v) is 8.16. The average molecular weight is 300 g/mol. The summed E-state index contributed by atoms with van der Waals surface area (Å²) in [6.07, 6.45) is 3.01. The van der Waals surface area contributed by atoms with Crippen molar-refractivity contribution >= 4 is 27.1 Å². The van der Waals surface area contributed by atoms with Gasteiger partial charge in [-0.15, -0.1) is 0 Å². The van der Waals surface area contributed by atoms with Crippen LogP contribution in [0.2, 0.25) is 0 Å². The van der Waals surface area contributed by atoms with Gasteiger partial charge in [-0.1, -0.05) is 12.8 Å². The number of benzene rings is 1. The maximum absolute atomic E-state index is 12.9. The molecule has 3 N–H and O–H groups in total. The van der Waals surface area contributed by atoms with Gasteiger partial charge < -0.3 is 11.1 Å². The molecule has 0 saturated heterocycles. The van der Waals surface area contributed by atoms with Gasteiger partial charge in [0, 0.05) is 0 Å². The fourth-order valence-electron chi connectivity index (χ4n) is 2.38. The van der Waals surface area contributed by atoms with Gasteiger partial charge in [0.15, 0.2) is 9.84 Å². The Morgan fingerprint density at radius 3 is 2.60 bits per heavy atom. The molecule has 20 heavy (non-hydrogen) atoms. The molecule has 1 amide bonds. The molecule has 1 aliphatic rings. The Labute approximate surface area is 117 Å². The average Bonchev–Trinajstić information content (AvgIpc) is 2.86. The molecule has 2 rings (SSSR count). The number of amides is 1. The van der Waals surface area contributed by atoms with Gasteiger partial charge in [0.25, 0.3) is 0 Å². The second-order valence-corrected chi connectivity index (χ2v) is 7.27. The number of hydrogen-bond acceptors (Lipinski definition) is 4.